The topological polar surface area (TPSA) is 140 Å². The summed E-state index contributed by atoms with van der Waals surface area (Å²) in [5, 5.41) is 9.15. The fourth-order valence-electron chi connectivity index (χ4n) is 2.61. The molecule has 9 nitrogen and oxygen atoms in total. The largest absolute Gasteiger partial charge is 0.492 e. The van der Waals surface area contributed by atoms with Gasteiger partial charge in [0.2, 0.25) is 0 Å². The summed E-state index contributed by atoms with van der Waals surface area (Å²) in [5.74, 6) is -0.719. The highest BCUT2D eigenvalue weighted by Crippen LogP contribution is 2.24. The summed E-state index contributed by atoms with van der Waals surface area (Å²) < 4.78 is 5.81. The zero-order chi connectivity index (χ0) is 20.1. The molecule has 9 heteroatoms. The molecule has 1 aromatic carbocycles. The second kappa shape index (κ2) is 8.21. The van der Waals surface area contributed by atoms with Crippen LogP contribution in [0.1, 0.15) is 10.5 Å². The molecule has 2 aromatic heterocycles. The van der Waals surface area contributed by atoms with Gasteiger partial charge in [-0.3, -0.25) is 4.98 Å². The van der Waals surface area contributed by atoms with Gasteiger partial charge in [0, 0.05) is 18.8 Å². The Hall–Kier alpha value is -3.88. The average molecular weight is 380 g/mol. The molecule has 0 bridgehead atoms. The lowest BCUT2D eigenvalue weighted by molar-refractivity contribution is 0.0691. The number of carboxylic acids is 1. The van der Waals surface area contributed by atoms with Crippen molar-refractivity contribution in [3.05, 3.63) is 54.6 Å². The monoisotopic (exact) mass is 380 g/mol. The Balaban J connectivity index is 1.68. The quantitative estimate of drug-likeness (QED) is 0.560. The van der Waals surface area contributed by atoms with Crippen LogP contribution in [0.2, 0.25) is 0 Å². The van der Waals surface area contributed by atoms with E-state index in [1.54, 1.807) is 30.6 Å². The van der Waals surface area contributed by atoms with E-state index in [1.165, 1.54) is 6.20 Å². The fourth-order valence-corrected chi connectivity index (χ4v) is 2.61. The van der Waals surface area contributed by atoms with E-state index in [0.717, 1.165) is 5.69 Å². The van der Waals surface area contributed by atoms with E-state index in [4.69, 9.17) is 21.3 Å². The first-order valence-corrected chi connectivity index (χ1v) is 8.45. The van der Waals surface area contributed by atoms with Crippen molar-refractivity contribution in [3.63, 3.8) is 0 Å². The van der Waals surface area contributed by atoms with Crippen LogP contribution in [-0.2, 0) is 0 Å². The summed E-state index contributed by atoms with van der Waals surface area (Å²) in [6.45, 7) is 1.04. The highest BCUT2D eigenvalue weighted by Gasteiger charge is 2.13. The van der Waals surface area contributed by atoms with Crippen LogP contribution >= 0.6 is 0 Å². The van der Waals surface area contributed by atoms with Gasteiger partial charge in [0.25, 0.3) is 0 Å². The maximum atomic E-state index is 11.2. The second-order valence-electron chi connectivity index (χ2n) is 6.03. The number of aromatic nitrogens is 3. The molecular formula is C19H20N6O3. The summed E-state index contributed by atoms with van der Waals surface area (Å²) in [5.41, 5.74) is 13.8. The Morgan fingerprint density at radius 2 is 2.07 bits per heavy atom. The van der Waals surface area contributed by atoms with E-state index in [9.17, 15) is 4.79 Å². The lowest BCUT2D eigenvalue weighted by atomic mass is 10.1. The minimum Gasteiger partial charge on any atom is -0.492 e. The highest BCUT2D eigenvalue weighted by atomic mass is 16.5. The van der Waals surface area contributed by atoms with Crippen LogP contribution < -0.4 is 21.1 Å². The summed E-state index contributed by atoms with van der Waals surface area (Å²) in [6.07, 6.45) is 4.72. The number of nitrogens with two attached hydrogens (primary N) is 2. The molecule has 0 amide bonds. The van der Waals surface area contributed by atoms with Gasteiger partial charge in [-0.15, -0.1) is 0 Å². The Bertz CT molecular complexity index is 995. The van der Waals surface area contributed by atoms with Crippen LogP contribution in [-0.4, -0.2) is 46.2 Å². The van der Waals surface area contributed by atoms with Crippen LogP contribution in [0.25, 0.3) is 11.3 Å². The number of rotatable bonds is 7. The highest BCUT2D eigenvalue weighted by molar-refractivity contribution is 5.90. The van der Waals surface area contributed by atoms with Gasteiger partial charge < -0.3 is 26.2 Å². The van der Waals surface area contributed by atoms with Crippen molar-refractivity contribution in [2.45, 2.75) is 0 Å². The van der Waals surface area contributed by atoms with Crippen molar-refractivity contribution < 1.29 is 14.6 Å². The molecule has 2 heterocycles. The van der Waals surface area contributed by atoms with Gasteiger partial charge >= 0.3 is 5.97 Å². The van der Waals surface area contributed by atoms with Crippen molar-refractivity contribution in [2.24, 2.45) is 0 Å². The number of pyridine rings is 1. The Morgan fingerprint density at radius 1 is 1.25 bits per heavy atom. The zero-order valence-electron chi connectivity index (χ0n) is 15.2. The second-order valence-corrected chi connectivity index (χ2v) is 6.03. The molecule has 0 atom stereocenters. The molecule has 0 saturated heterocycles. The van der Waals surface area contributed by atoms with Crippen LogP contribution in [0, 0.1) is 0 Å². The van der Waals surface area contributed by atoms with E-state index in [-0.39, 0.29) is 11.5 Å². The van der Waals surface area contributed by atoms with Gasteiger partial charge in [0.15, 0.2) is 11.5 Å². The van der Waals surface area contributed by atoms with Crippen molar-refractivity contribution in [2.75, 3.05) is 36.6 Å². The van der Waals surface area contributed by atoms with Crippen LogP contribution in [0.15, 0.2) is 48.9 Å². The van der Waals surface area contributed by atoms with Crippen LogP contribution in [0.5, 0.6) is 5.75 Å². The molecule has 0 aliphatic rings. The first-order chi connectivity index (χ1) is 13.5. The van der Waals surface area contributed by atoms with Crippen LogP contribution in [0.3, 0.4) is 0 Å². The molecule has 0 fully saturated rings. The third kappa shape index (κ3) is 4.26. The average Bonchev–Trinajstić information content (AvgIpc) is 2.68. The third-order valence-corrected chi connectivity index (χ3v) is 4.07. The van der Waals surface area contributed by atoms with Crippen molar-refractivity contribution in [3.8, 4) is 17.0 Å². The number of carbonyl (C=O) groups is 1. The maximum Gasteiger partial charge on any atom is 0.358 e. The number of carboxylic acid groups (broad SMARTS) is 1. The Kier molecular flexibility index (Phi) is 5.54. The van der Waals surface area contributed by atoms with Crippen LogP contribution in [0.4, 0.5) is 17.2 Å². The summed E-state index contributed by atoms with van der Waals surface area (Å²) >= 11 is 0. The third-order valence-electron chi connectivity index (χ3n) is 4.07. The molecule has 3 aromatic rings. The lowest BCUT2D eigenvalue weighted by Gasteiger charge is -2.20. The number of aromatic carboxylic acids is 1. The number of anilines is 3. The van der Waals surface area contributed by atoms with Gasteiger partial charge in [0.05, 0.1) is 36.0 Å². The predicted octanol–water partition coefficient (Wildman–Crippen LogP) is 1.92. The number of nitrogens with zero attached hydrogens (tertiary/aromatic N) is 4. The van der Waals surface area contributed by atoms with E-state index >= 15 is 0 Å². The minimum absolute atomic E-state index is 0.123. The molecular weight excluding hydrogens is 360 g/mol. The van der Waals surface area contributed by atoms with Gasteiger partial charge in [-0.1, -0.05) is 12.1 Å². The molecule has 144 valence electrons. The molecule has 5 N–H and O–H groups in total. The Morgan fingerprint density at radius 3 is 2.82 bits per heavy atom. The van der Waals surface area contributed by atoms with E-state index in [2.05, 4.69) is 15.0 Å². The lowest BCUT2D eigenvalue weighted by Crippen LogP contribution is -2.24. The number of hydrogen-bond donors (Lipinski definition) is 3. The van der Waals surface area contributed by atoms with Crippen molar-refractivity contribution >= 4 is 23.2 Å². The van der Waals surface area contributed by atoms with Gasteiger partial charge in [-0.25, -0.2) is 14.8 Å². The van der Waals surface area contributed by atoms with E-state index in [0.29, 0.717) is 35.8 Å². The number of benzene rings is 1. The molecule has 3 rings (SSSR count). The summed E-state index contributed by atoms with van der Waals surface area (Å²) in [4.78, 5) is 25.1. The van der Waals surface area contributed by atoms with E-state index in [1.807, 2.05) is 24.1 Å². The fraction of sp³-hybridized carbons (Fsp3) is 0.158. The molecule has 0 saturated carbocycles. The molecule has 28 heavy (non-hydrogen) atoms. The standard InChI is InChI=1S/C19H20N6O3/c1-25(16-5-6-22-10-14(16)20)7-8-28-13-4-2-3-12(9-13)15-11-23-18(21)17(24-15)19(26)27/h2-6,9-11H,7-8,20H2,1H3,(H2,21,23)(H,26,27). The summed E-state index contributed by atoms with van der Waals surface area (Å²) in [7, 11) is 1.92. The summed E-state index contributed by atoms with van der Waals surface area (Å²) in [6, 6.07) is 9.02. The molecule has 0 aliphatic heterocycles. The number of ether oxygens (including phenoxy) is 1. The molecule has 0 aliphatic carbocycles. The van der Waals surface area contributed by atoms with Gasteiger partial charge in [-0.05, 0) is 18.2 Å². The molecule has 0 radical (unpaired) electrons. The first-order valence-electron chi connectivity index (χ1n) is 8.45. The molecule has 0 spiro atoms. The normalized spacial score (nSPS) is 10.5. The minimum atomic E-state index is -1.22. The smallest absolute Gasteiger partial charge is 0.358 e. The van der Waals surface area contributed by atoms with Crippen molar-refractivity contribution in [1.29, 1.82) is 0 Å². The number of likely N-dealkylation sites (N-methyl/N-ethyl adjacent to an activating group) is 1. The zero-order valence-corrected chi connectivity index (χ0v) is 15.2. The SMILES string of the molecule is CN(CCOc1cccc(-c2cnc(N)c(C(=O)O)n2)c1)c1ccncc1N. The van der Waals surface area contributed by atoms with E-state index < -0.39 is 5.97 Å². The number of hydrogen-bond acceptors (Lipinski definition) is 8. The predicted molar refractivity (Wildman–Crippen MR) is 106 cm³/mol. The van der Waals surface area contributed by atoms with Crippen molar-refractivity contribution in [1.82, 2.24) is 15.0 Å². The van der Waals surface area contributed by atoms with Gasteiger partial charge in [-0.2, -0.15) is 0 Å². The van der Waals surface area contributed by atoms with Gasteiger partial charge in [0.1, 0.15) is 12.4 Å². The first kappa shape index (κ1) is 18.9. The Labute approximate surface area is 161 Å². The number of nitrogen functional groups attached to an aromatic ring is 2. The molecule has 0 unspecified atom stereocenters. The maximum absolute atomic E-state index is 11.2.